The highest BCUT2D eigenvalue weighted by molar-refractivity contribution is 6.09. The molecule has 1 aliphatic rings. The summed E-state index contributed by atoms with van der Waals surface area (Å²) < 4.78 is 0. The summed E-state index contributed by atoms with van der Waals surface area (Å²) in [5.41, 5.74) is -0.461. The standard InChI is InChI=1S/C12H23N3O/c1-8(2)6-12(7-9(3)4)10(16)14-11(13-5)15-12/h8-9H,6-7H2,1-5H3,(H2,13,14,15,16). The summed E-state index contributed by atoms with van der Waals surface area (Å²) in [6, 6.07) is 0. The lowest BCUT2D eigenvalue weighted by Crippen LogP contribution is -2.49. The summed E-state index contributed by atoms with van der Waals surface area (Å²) in [5.74, 6) is 1.63. The van der Waals surface area contributed by atoms with E-state index >= 15 is 0 Å². The Morgan fingerprint density at radius 2 is 1.69 bits per heavy atom. The van der Waals surface area contributed by atoms with Gasteiger partial charge in [0, 0.05) is 7.05 Å². The van der Waals surface area contributed by atoms with Gasteiger partial charge in [-0.15, -0.1) is 0 Å². The molecule has 4 heteroatoms. The predicted molar refractivity (Wildman–Crippen MR) is 66.3 cm³/mol. The molecule has 1 fully saturated rings. The SMILES string of the molecule is CN=C1NC(=O)C(CC(C)C)(CC(C)C)N1. The molecule has 4 nitrogen and oxygen atoms in total. The maximum atomic E-state index is 12.1. The van der Waals surface area contributed by atoms with Gasteiger partial charge in [0.1, 0.15) is 5.54 Å². The second-order valence-electron chi connectivity index (χ2n) is 5.43. The molecule has 1 saturated heterocycles. The average Bonchev–Trinajstić information content (AvgIpc) is 2.41. The number of carbonyl (C=O) groups is 1. The molecule has 1 amide bonds. The number of rotatable bonds is 4. The van der Waals surface area contributed by atoms with Gasteiger partial charge < -0.3 is 5.32 Å². The predicted octanol–water partition coefficient (Wildman–Crippen LogP) is 1.52. The van der Waals surface area contributed by atoms with Gasteiger partial charge in [-0.3, -0.25) is 15.1 Å². The van der Waals surface area contributed by atoms with E-state index in [-0.39, 0.29) is 5.91 Å². The highest BCUT2D eigenvalue weighted by Crippen LogP contribution is 2.27. The Morgan fingerprint density at radius 1 is 1.19 bits per heavy atom. The first-order valence-corrected chi connectivity index (χ1v) is 5.96. The molecule has 0 bridgehead atoms. The number of nitrogens with zero attached hydrogens (tertiary/aromatic N) is 1. The lowest BCUT2D eigenvalue weighted by molar-refractivity contribution is -0.125. The fourth-order valence-electron chi connectivity index (χ4n) is 2.42. The van der Waals surface area contributed by atoms with Crippen LogP contribution in [0.1, 0.15) is 40.5 Å². The van der Waals surface area contributed by atoms with E-state index in [9.17, 15) is 4.79 Å². The molecular weight excluding hydrogens is 202 g/mol. The van der Waals surface area contributed by atoms with E-state index in [1.54, 1.807) is 7.05 Å². The molecule has 0 spiro atoms. The number of amides is 1. The van der Waals surface area contributed by atoms with Gasteiger partial charge in [0.05, 0.1) is 0 Å². The zero-order valence-electron chi connectivity index (χ0n) is 10.9. The van der Waals surface area contributed by atoms with Crippen LogP contribution in [0.3, 0.4) is 0 Å². The Morgan fingerprint density at radius 3 is 2.00 bits per heavy atom. The molecule has 2 N–H and O–H groups in total. The molecule has 0 atom stereocenters. The molecule has 1 rings (SSSR count). The Balaban J connectivity index is 2.91. The molecule has 16 heavy (non-hydrogen) atoms. The minimum atomic E-state index is -0.461. The Bertz CT molecular complexity index is 285. The van der Waals surface area contributed by atoms with Gasteiger partial charge in [-0.1, -0.05) is 27.7 Å². The van der Waals surface area contributed by atoms with Gasteiger partial charge in [-0.2, -0.15) is 0 Å². The van der Waals surface area contributed by atoms with Crippen molar-refractivity contribution in [3.63, 3.8) is 0 Å². The molecule has 92 valence electrons. The quantitative estimate of drug-likeness (QED) is 0.762. The van der Waals surface area contributed by atoms with E-state index in [4.69, 9.17) is 0 Å². The molecule has 0 aromatic carbocycles. The summed E-state index contributed by atoms with van der Waals surface area (Å²) in [6.45, 7) is 8.55. The van der Waals surface area contributed by atoms with E-state index < -0.39 is 5.54 Å². The Kier molecular flexibility index (Phi) is 3.94. The molecule has 0 saturated carbocycles. The Labute approximate surface area is 97.9 Å². The molecular formula is C12H23N3O. The zero-order chi connectivity index (χ0) is 12.3. The van der Waals surface area contributed by atoms with Crippen LogP contribution in [0.5, 0.6) is 0 Å². The molecule has 0 aromatic heterocycles. The van der Waals surface area contributed by atoms with Gasteiger partial charge in [0.2, 0.25) is 0 Å². The number of guanidine groups is 1. The molecule has 0 aromatic rings. The lowest BCUT2D eigenvalue weighted by Gasteiger charge is -2.30. The van der Waals surface area contributed by atoms with Crippen molar-refractivity contribution in [3.8, 4) is 0 Å². The van der Waals surface area contributed by atoms with Gasteiger partial charge in [-0.05, 0) is 24.7 Å². The second-order valence-corrected chi connectivity index (χ2v) is 5.43. The monoisotopic (exact) mass is 225 g/mol. The minimum Gasteiger partial charge on any atom is -0.342 e. The van der Waals surface area contributed by atoms with Crippen LogP contribution in [0.25, 0.3) is 0 Å². The molecule has 1 aliphatic heterocycles. The Hall–Kier alpha value is -1.06. The van der Waals surface area contributed by atoms with Crippen LogP contribution in [0.4, 0.5) is 0 Å². The summed E-state index contributed by atoms with van der Waals surface area (Å²) in [5, 5.41) is 6.06. The third kappa shape index (κ3) is 2.74. The van der Waals surface area contributed by atoms with Crippen molar-refractivity contribution >= 4 is 11.9 Å². The molecule has 1 heterocycles. The van der Waals surface area contributed by atoms with Gasteiger partial charge in [-0.25, -0.2) is 0 Å². The molecule has 0 radical (unpaired) electrons. The van der Waals surface area contributed by atoms with Crippen molar-refractivity contribution in [3.05, 3.63) is 0 Å². The maximum Gasteiger partial charge on any atom is 0.252 e. The summed E-state index contributed by atoms with van der Waals surface area (Å²) >= 11 is 0. The van der Waals surface area contributed by atoms with Gasteiger partial charge >= 0.3 is 0 Å². The number of carbonyl (C=O) groups excluding carboxylic acids is 1. The van der Waals surface area contributed by atoms with E-state index in [1.807, 2.05) is 0 Å². The van der Waals surface area contributed by atoms with Crippen LogP contribution in [-0.2, 0) is 4.79 Å². The second kappa shape index (κ2) is 4.85. The van der Waals surface area contributed by atoms with Gasteiger partial charge in [0.25, 0.3) is 5.91 Å². The van der Waals surface area contributed by atoms with Crippen molar-refractivity contribution in [2.75, 3.05) is 7.05 Å². The maximum absolute atomic E-state index is 12.1. The van der Waals surface area contributed by atoms with Crippen LogP contribution in [0.15, 0.2) is 4.99 Å². The van der Waals surface area contributed by atoms with E-state index in [0.29, 0.717) is 17.8 Å². The third-order valence-corrected chi connectivity index (χ3v) is 2.76. The van der Waals surface area contributed by atoms with E-state index in [0.717, 1.165) is 12.8 Å². The van der Waals surface area contributed by atoms with E-state index in [1.165, 1.54) is 0 Å². The highest BCUT2D eigenvalue weighted by atomic mass is 16.2. The van der Waals surface area contributed by atoms with Crippen LogP contribution >= 0.6 is 0 Å². The molecule has 0 aliphatic carbocycles. The largest absolute Gasteiger partial charge is 0.342 e. The van der Waals surface area contributed by atoms with Gasteiger partial charge in [0.15, 0.2) is 5.96 Å². The minimum absolute atomic E-state index is 0.0653. The average molecular weight is 225 g/mol. The van der Waals surface area contributed by atoms with E-state index in [2.05, 4.69) is 43.3 Å². The topological polar surface area (TPSA) is 53.5 Å². The fraction of sp³-hybridized carbons (Fsp3) is 0.833. The first kappa shape index (κ1) is 13.0. The van der Waals surface area contributed by atoms with Crippen LogP contribution in [-0.4, -0.2) is 24.5 Å². The summed E-state index contributed by atoms with van der Waals surface area (Å²) in [4.78, 5) is 16.1. The number of hydrogen-bond donors (Lipinski definition) is 2. The normalized spacial score (nSPS) is 21.7. The van der Waals surface area contributed by atoms with Crippen molar-refractivity contribution in [1.82, 2.24) is 10.6 Å². The fourth-order valence-corrected chi connectivity index (χ4v) is 2.42. The van der Waals surface area contributed by atoms with Crippen molar-refractivity contribution < 1.29 is 4.79 Å². The summed E-state index contributed by atoms with van der Waals surface area (Å²) in [6.07, 6.45) is 1.69. The first-order chi connectivity index (χ1) is 7.39. The van der Waals surface area contributed by atoms with Crippen LogP contribution in [0, 0.1) is 11.8 Å². The lowest BCUT2D eigenvalue weighted by atomic mass is 9.82. The smallest absolute Gasteiger partial charge is 0.252 e. The number of aliphatic imine (C=N–C) groups is 1. The highest BCUT2D eigenvalue weighted by Gasteiger charge is 2.45. The van der Waals surface area contributed by atoms with Crippen molar-refractivity contribution in [2.45, 2.75) is 46.1 Å². The number of nitrogens with one attached hydrogen (secondary N) is 2. The van der Waals surface area contributed by atoms with Crippen LogP contribution < -0.4 is 10.6 Å². The van der Waals surface area contributed by atoms with Crippen molar-refractivity contribution in [2.24, 2.45) is 16.8 Å². The van der Waals surface area contributed by atoms with Crippen LogP contribution in [0.2, 0.25) is 0 Å². The number of hydrogen-bond acceptors (Lipinski definition) is 2. The zero-order valence-corrected chi connectivity index (χ0v) is 10.9. The summed E-state index contributed by atoms with van der Waals surface area (Å²) in [7, 11) is 1.68. The third-order valence-electron chi connectivity index (χ3n) is 2.76. The molecule has 0 unspecified atom stereocenters. The first-order valence-electron chi connectivity index (χ1n) is 5.96. The van der Waals surface area contributed by atoms with Crippen molar-refractivity contribution in [1.29, 1.82) is 0 Å².